The number of anilines is 1. The fourth-order valence-electron chi connectivity index (χ4n) is 2.00. The van der Waals surface area contributed by atoms with Gasteiger partial charge in [-0.2, -0.15) is 0 Å². The Kier molecular flexibility index (Phi) is 4.09. The smallest absolute Gasteiger partial charge is 0.130 e. The second-order valence-electron chi connectivity index (χ2n) is 4.36. The number of hydrogen-bond donors (Lipinski definition) is 1. The number of aryl methyl sites for hydroxylation is 1. The van der Waals surface area contributed by atoms with Crippen molar-refractivity contribution in [2.75, 3.05) is 18.5 Å². The van der Waals surface area contributed by atoms with Gasteiger partial charge in [0.2, 0.25) is 0 Å². The summed E-state index contributed by atoms with van der Waals surface area (Å²) in [5.41, 5.74) is 1.94. The summed E-state index contributed by atoms with van der Waals surface area (Å²) in [5, 5.41) is 3.43. The highest BCUT2D eigenvalue weighted by Crippen LogP contribution is 2.18. The van der Waals surface area contributed by atoms with Crippen LogP contribution >= 0.6 is 0 Å². The van der Waals surface area contributed by atoms with E-state index in [9.17, 15) is 4.79 Å². The van der Waals surface area contributed by atoms with Gasteiger partial charge < -0.3 is 14.8 Å². The zero-order valence-corrected chi connectivity index (χ0v) is 10.1. The Labute approximate surface area is 101 Å². The Hall–Kier alpha value is -1.42. The van der Waals surface area contributed by atoms with Gasteiger partial charge in [0.15, 0.2) is 0 Å². The highest BCUT2D eigenvalue weighted by molar-refractivity contribution is 5.60. The Morgan fingerprint density at radius 1 is 1.47 bits per heavy atom. The maximum Gasteiger partial charge on any atom is 0.130 e. The minimum absolute atomic E-state index is 0.406. The molecule has 1 aromatic rings. The topological polar surface area (TPSA) is 51.2 Å². The van der Waals surface area contributed by atoms with Gasteiger partial charge in [-0.25, -0.2) is 4.98 Å². The summed E-state index contributed by atoms with van der Waals surface area (Å²) >= 11 is 0. The number of aldehydes is 1. The average molecular weight is 234 g/mol. The number of nitrogens with one attached hydrogen (secondary N) is 1. The van der Waals surface area contributed by atoms with E-state index in [0.29, 0.717) is 12.5 Å². The van der Waals surface area contributed by atoms with Crippen LogP contribution in [-0.2, 0) is 16.0 Å². The van der Waals surface area contributed by atoms with Crippen molar-refractivity contribution in [2.24, 2.45) is 0 Å². The van der Waals surface area contributed by atoms with Crippen molar-refractivity contribution in [3.8, 4) is 0 Å². The molecular formula is C13H18N2O2. The number of aromatic nitrogens is 1. The molecule has 17 heavy (non-hydrogen) atoms. The van der Waals surface area contributed by atoms with Crippen LogP contribution in [0.4, 0.5) is 5.82 Å². The van der Waals surface area contributed by atoms with E-state index in [4.69, 9.17) is 4.74 Å². The number of carbonyl (C=O) groups excluding carboxylic acids is 1. The summed E-state index contributed by atoms with van der Waals surface area (Å²) in [5.74, 6) is 0.851. The molecule has 0 aliphatic carbocycles. The van der Waals surface area contributed by atoms with E-state index in [-0.39, 0.29) is 0 Å². The van der Waals surface area contributed by atoms with Crippen molar-refractivity contribution < 1.29 is 9.53 Å². The van der Waals surface area contributed by atoms with E-state index >= 15 is 0 Å². The quantitative estimate of drug-likeness (QED) is 0.806. The lowest BCUT2D eigenvalue weighted by Crippen LogP contribution is -2.28. The van der Waals surface area contributed by atoms with Crippen LogP contribution < -0.4 is 5.32 Å². The Balaban J connectivity index is 2.11. The summed E-state index contributed by atoms with van der Waals surface area (Å²) in [6.45, 7) is 3.55. The van der Waals surface area contributed by atoms with Crippen molar-refractivity contribution in [3.63, 3.8) is 0 Å². The molecule has 0 spiro atoms. The second kappa shape index (κ2) is 5.77. The molecule has 1 saturated heterocycles. The van der Waals surface area contributed by atoms with Crippen LogP contribution in [0.5, 0.6) is 0 Å². The van der Waals surface area contributed by atoms with Crippen LogP contribution in [0.1, 0.15) is 24.1 Å². The van der Waals surface area contributed by atoms with Gasteiger partial charge >= 0.3 is 0 Å². The molecule has 1 fully saturated rings. The van der Waals surface area contributed by atoms with Crippen LogP contribution in [0.3, 0.4) is 0 Å². The van der Waals surface area contributed by atoms with Crippen LogP contribution in [-0.4, -0.2) is 30.5 Å². The maximum absolute atomic E-state index is 10.6. The third kappa shape index (κ3) is 3.27. The van der Waals surface area contributed by atoms with Gasteiger partial charge in [0.1, 0.15) is 12.1 Å². The first kappa shape index (κ1) is 12.0. The van der Waals surface area contributed by atoms with Crippen LogP contribution in [0.2, 0.25) is 0 Å². The molecule has 0 aromatic carbocycles. The monoisotopic (exact) mass is 234 g/mol. The lowest BCUT2D eigenvalue weighted by molar-refractivity contribution is -0.107. The van der Waals surface area contributed by atoms with Crippen molar-refractivity contribution >= 4 is 12.1 Å². The number of hydrogen-bond acceptors (Lipinski definition) is 4. The third-order valence-corrected chi connectivity index (χ3v) is 2.98. The van der Waals surface area contributed by atoms with Crippen LogP contribution in [0, 0.1) is 6.92 Å². The molecule has 0 radical (unpaired) electrons. The molecule has 1 N–H and O–H groups in total. The van der Waals surface area contributed by atoms with Crippen molar-refractivity contribution in [2.45, 2.75) is 32.2 Å². The maximum atomic E-state index is 10.6. The second-order valence-corrected chi connectivity index (χ2v) is 4.36. The molecule has 0 unspecified atom stereocenters. The summed E-state index contributed by atoms with van der Waals surface area (Å²) in [7, 11) is 0. The molecule has 0 saturated carbocycles. The molecule has 4 heteroatoms. The predicted octanol–water partition coefficient (Wildman–Crippen LogP) is 1.72. The Bertz CT molecular complexity index is 387. The number of pyridine rings is 1. The summed E-state index contributed by atoms with van der Waals surface area (Å²) in [6.07, 6.45) is 3.33. The van der Waals surface area contributed by atoms with E-state index in [0.717, 1.165) is 49.4 Å². The van der Waals surface area contributed by atoms with E-state index < -0.39 is 0 Å². The van der Waals surface area contributed by atoms with Crippen molar-refractivity contribution in [1.82, 2.24) is 4.98 Å². The molecule has 2 rings (SSSR count). The fraction of sp³-hybridized carbons (Fsp3) is 0.538. The highest BCUT2D eigenvalue weighted by Gasteiger charge is 2.15. The molecule has 1 aromatic heterocycles. The lowest BCUT2D eigenvalue weighted by atomic mass is 10.1. The van der Waals surface area contributed by atoms with E-state index in [1.165, 1.54) is 0 Å². The number of carbonyl (C=O) groups is 1. The van der Waals surface area contributed by atoms with Gasteiger partial charge in [-0.15, -0.1) is 0 Å². The minimum atomic E-state index is 0.406. The zero-order chi connectivity index (χ0) is 12.1. The van der Waals surface area contributed by atoms with E-state index in [1.54, 1.807) is 0 Å². The SMILES string of the molecule is Cc1ccc(CC=O)c(NC2CCOCC2)n1. The first-order valence-corrected chi connectivity index (χ1v) is 6.04. The largest absolute Gasteiger partial charge is 0.381 e. The molecule has 0 amide bonds. The Morgan fingerprint density at radius 2 is 2.24 bits per heavy atom. The predicted molar refractivity (Wildman–Crippen MR) is 66.2 cm³/mol. The summed E-state index contributed by atoms with van der Waals surface area (Å²) in [6, 6.07) is 4.32. The molecular weight excluding hydrogens is 216 g/mol. The normalized spacial score (nSPS) is 16.8. The van der Waals surface area contributed by atoms with Crippen molar-refractivity contribution in [3.05, 3.63) is 23.4 Å². The molecule has 92 valence electrons. The molecule has 0 bridgehead atoms. The van der Waals surface area contributed by atoms with Gasteiger partial charge in [-0.1, -0.05) is 6.07 Å². The molecule has 1 aliphatic heterocycles. The van der Waals surface area contributed by atoms with Crippen molar-refractivity contribution in [1.29, 1.82) is 0 Å². The first-order valence-electron chi connectivity index (χ1n) is 6.04. The number of ether oxygens (including phenoxy) is 1. The highest BCUT2D eigenvalue weighted by atomic mass is 16.5. The lowest BCUT2D eigenvalue weighted by Gasteiger charge is -2.24. The third-order valence-electron chi connectivity index (χ3n) is 2.98. The standard InChI is InChI=1S/C13H18N2O2/c1-10-2-3-11(4-7-16)13(14-10)15-12-5-8-17-9-6-12/h2-3,7,12H,4-6,8-9H2,1H3,(H,14,15). The summed E-state index contributed by atoms with van der Waals surface area (Å²) in [4.78, 5) is 15.1. The van der Waals surface area contributed by atoms with Gasteiger partial charge in [0.05, 0.1) is 0 Å². The summed E-state index contributed by atoms with van der Waals surface area (Å²) < 4.78 is 5.32. The van der Waals surface area contributed by atoms with Gasteiger partial charge in [-0.05, 0) is 25.8 Å². The molecule has 0 atom stereocenters. The van der Waals surface area contributed by atoms with Crippen LogP contribution in [0.25, 0.3) is 0 Å². The minimum Gasteiger partial charge on any atom is -0.381 e. The molecule has 2 heterocycles. The number of rotatable bonds is 4. The van der Waals surface area contributed by atoms with Crippen LogP contribution in [0.15, 0.2) is 12.1 Å². The molecule has 4 nitrogen and oxygen atoms in total. The van der Waals surface area contributed by atoms with Gasteiger partial charge in [0, 0.05) is 36.9 Å². The van der Waals surface area contributed by atoms with E-state index in [1.807, 2.05) is 19.1 Å². The zero-order valence-electron chi connectivity index (χ0n) is 10.1. The Morgan fingerprint density at radius 3 is 2.94 bits per heavy atom. The number of nitrogens with zero attached hydrogens (tertiary/aromatic N) is 1. The van der Waals surface area contributed by atoms with E-state index in [2.05, 4.69) is 10.3 Å². The van der Waals surface area contributed by atoms with Gasteiger partial charge in [0.25, 0.3) is 0 Å². The molecule has 1 aliphatic rings. The fourth-order valence-corrected chi connectivity index (χ4v) is 2.00. The first-order chi connectivity index (χ1) is 8.29. The van der Waals surface area contributed by atoms with Gasteiger partial charge in [-0.3, -0.25) is 0 Å². The average Bonchev–Trinajstić information content (AvgIpc) is 2.34.